The standard InChI is InChI=1S/C17H11ClN2O3/c18-15-8-7-14(10-16(15)20(22)23)19-17(21)13-6-5-11-3-1-2-4-12(11)9-13/h1-10H,(H,19,21). The van der Waals surface area contributed by atoms with Crippen LogP contribution in [0.25, 0.3) is 10.8 Å². The third-order valence-corrected chi connectivity index (χ3v) is 3.73. The van der Waals surface area contributed by atoms with Crippen molar-refractivity contribution in [3.8, 4) is 0 Å². The zero-order chi connectivity index (χ0) is 16.4. The Balaban J connectivity index is 1.88. The summed E-state index contributed by atoms with van der Waals surface area (Å²) >= 11 is 5.76. The molecular formula is C17H11ClN2O3. The molecule has 0 aromatic heterocycles. The molecule has 0 aliphatic heterocycles. The fraction of sp³-hybridized carbons (Fsp3) is 0. The molecule has 23 heavy (non-hydrogen) atoms. The van der Waals surface area contributed by atoms with Crippen LogP contribution in [0.4, 0.5) is 11.4 Å². The number of hydrogen-bond acceptors (Lipinski definition) is 3. The summed E-state index contributed by atoms with van der Waals surface area (Å²) in [6, 6.07) is 17.2. The van der Waals surface area contributed by atoms with Crippen LogP contribution < -0.4 is 5.32 Å². The number of carbonyl (C=O) groups excluding carboxylic acids is 1. The number of carbonyl (C=O) groups is 1. The maximum atomic E-state index is 12.3. The highest BCUT2D eigenvalue weighted by molar-refractivity contribution is 6.32. The maximum absolute atomic E-state index is 12.3. The van der Waals surface area contributed by atoms with Crippen LogP contribution in [-0.2, 0) is 0 Å². The smallest absolute Gasteiger partial charge is 0.289 e. The predicted molar refractivity (Wildman–Crippen MR) is 90.0 cm³/mol. The first-order chi connectivity index (χ1) is 11.0. The van der Waals surface area contributed by atoms with Crippen LogP contribution in [0.3, 0.4) is 0 Å². The van der Waals surface area contributed by atoms with Crippen LogP contribution in [0.2, 0.25) is 5.02 Å². The van der Waals surface area contributed by atoms with Gasteiger partial charge in [-0.3, -0.25) is 14.9 Å². The molecule has 0 spiro atoms. The van der Waals surface area contributed by atoms with E-state index in [1.165, 1.54) is 18.2 Å². The molecule has 0 aliphatic rings. The van der Waals surface area contributed by atoms with E-state index < -0.39 is 4.92 Å². The number of nitro benzene ring substituents is 1. The first-order valence-electron chi connectivity index (χ1n) is 6.79. The van der Waals surface area contributed by atoms with E-state index in [9.17, 15) is 14.9 Å². The average molecular weight is 327 g/mol. The second-order valence-corrected chi connectivity index (χ2v) is 5.35. The number of fused-ring (bicyclic) bond motifs is 1. The van der Waals surface area contributed by atoms with Crippen molar-refractivity contribution in [3.63, 3.8) is 0 Å². The number of benzene rings is 3. The molecule has 1 N–H and O–H groups in total. The fourth-order valence-electron chi connectivity index (χ4n) is 2.26. The lowest BCUT2D eigenvalue weighted by Gasteiger charge is -2.07. The number of nitrogens with one attached hydrogen (secondary N) is 1. The summed E-state index contributed by atoms with van der Waals surface area (Å²) in [5.74, 6) is -0.340. The first kappa shape index (κ1) is 15.0. The van der Waals surface area contributed by atoms with Gasteiger partial charge >= 0.3 is 0 Å². The zero-order valence-corrected chi connectivity index (χ0v) is 12.6. The van der Waals surface area contributed by atoms with E-state index in [1.54, 1.807) is 12.1 Å². The van der Waals surface area contributed by atoms with Crippen LogP contribution >= 0.6 is 11.6 Å². The molecule has 0 unspecified atom stereocenters. The molecule has 0 saturated heterocycles. The number of hydrogen-bond donors (Lipinski definition) is 1. The summed E-state index contributed by atoms with van der Waals surface area (Å²) in [6.45, 7) is 0. The van der Waals surface area contributed by atoms with E-state index in [-0.39, 0.29) is 16.6 Å². The molecule has 0 heterocycles. The minimum absolute atomic E-state index is 0.0266. The molecular weight excluding hydrogens is 316 g/mol. The summed E-state index contributed by atoms with van der Waals surface area (Å²) in [5, 5.41) is 15.5. The van der Waals surface area contributed by atoms with Crippen molar-refractivity contribution in [2.24, 2.45) is 0 Å². The van der Waals surface area contributed by atoms with Crippen molar-refractivity contribution >= 4 is 39.7 Å². The van der Waals surface area contributed by atoms with Crippen molar-refractivity contribution in [3.05, 3.63) is 81.4 Å². The maximum Gasteiger partial charge on any atom is 0.289 e. The van der Waals surface area contributed by atoms with Crippen molar-refractivity contribution in [1.82, 2.24) is 0 Å². The quantitative estimate of drug-likeness (QED) is 0.562. The Labute approximate surface area is 136 Å². The molecule has 0 radical (unpaired) electrons. The SMILES string of the molecule is O=C(Nc1ccc(Cl)c([N+](=O)[O-])c1)c1ccc2ccccc2c1. The Morgan fingerprint density at radius 2 is 1.74 bits per heavy atom. The molecule has 0 atom stereocenters. The number of anilines is 1. The molecule has 6 heteroatoms. The number of rotatable bonds is 3. The normalized spacial score (nSPS) is 10.5. The lowest BCUT2D eigenvalue weighted by molar-refractivity contribution is -0.384. The third kappa shape index (κ3) is 3.14. The Kier molecular flexibility index (Phi) is 3.95. The highest BCUT2D eigenvalue weighted by Crippen LogP contribution is 2.27. The molecule has 3 aromatic carbocycles. The van der Waals surface area contributed by atoms with Crippen LogP contribution in [0.1, 0.15) is 10.4 Å². The highest BCUT2D eigenvalue weighted by atomic mass is 35.5. The largest absolute Gasteiger partial charge is 0.322 e. The summed E-state index contributed by atoms with van der Waals surface area (Å²) < 4.78 is 0. The van der Waals surface area contributed by atoms with Gasteiger partial charge in [0.15, 0.2) is 0 Å². The van der Waals surface area contributed by atoms with E-state index in [2.05, 4.69) is 5.32 Å². The first-order valence-corrected chi connectivity index (χ1v) is 7.16. The van der Waals surface area contributed by atoms with Gasteiger partial charge in [-0.15, -0.1) is 0 Å². The Hall–Kier alpha value is -2.92. The topological polar surface area (TPSA) is 72.2 Å². The molecule has 0 bridgehead atoms. The molecule has 0 saturated carbocycles. The van der Waals surface area contributed by atoms with Gasteiger partial charge in [-0.1, -0.05) is 41.9 Å². The van der Waals surface area contributed by atoms with E-state index in [4.69, 9.17) is 11.6 Å². The molecule has 114 valence electrons. The van der Waals surface area contributed by atoms with Gasteiger partial charge in [0.1, 0.15) is 5.02 Å². The molecule has 3 aromatic rings. The van der Waals surface area contributed by atoms with Gasteiger partial charge in [0.05, 0.1) is 4.92 Å². The van der Waals surface area contributed by atoms with Crippen LogP contribution in [0.15, 0.2) is 60.7 Å². The van der Waals surface area contributed by atoms with Crippen molar-refractivity contribution in [2.75, 3.05) is 5.32 Å². The van der Waals surface area contributed by atoms with Gasteiger partial charge in [-0.25, -0.2) is 0 Å². The molecule has 0 aliphatic carbocycles. The summed E-state index contributed by atoms with van der Waals surface area (Å²) in [5.41, 5.74) is 0.545. The fourth-order valence-corrected chi connectivity index (χ4v) is 2.45. The number of nitro groups is 1. The lowest BCUT2D eigenvalue weighted by Crippen LogP contribution is -2.11. The molecule has 5 nitrogen and oxygen atoms in total. The summed E-state index contributed by atoms with van der Waals surface area (Å²) in [4.78, 5) is 22.6. The van der Waals surface area contributed by atoms with Gasteiger partial charge in [-0.05, 0) is 35.0 Å². The number of amides is 1. The van der Waals surface area contributed by atoms with Gasteiger partial charge in [0.25, 0.3) is 11.6 Å². The molecule has 0 fully saturated rings. The second kappa shape index (κ2) is 6.06. The minimum Gasteiger partial charge on any atom is -0.322 e. The van der Waals surface area contributed by atoms with E-state index in [1.807, 2.05) is 30.3 Å². The van der Waals surface area contributed by atoms with E-state index >= 15 is 0 Å². The Bertz CT molecular complexity index is 925. The monoisotopic (exact) mass is 326 g/mol. The van der Waals surface area contributed by atoms with E-state index in [0.29, 0.717) is 11.3 Å². The van der Waals surface area contributed by atoms with Gasteiger partial charge in [0, 0.05) is 17.3 Å². The van der Waals surface area contributed by atoms with Gasteiger partial charge in [0.2, 0.25) is 0 Å². The lowest BCUT2D eigenvalue weighted by atomic mass is 10.1. The van der Waals surface area contributed by atoms with Crippen molar-refractivity contribution < 1.29 is 9.72 Å². The average Bonchev–Trinajstić information content (AvgIpc) is 2.55. The summed E-state index contributed by atoms with van der Waals surface area (Å²) in [7, 11) is 0. The zero-order valence-electron chi connectivity index (χ0n) is 11.8. The predicted octanol–water partition coefficient (Wildman–Crippen LogP) is 4.65. The minimum atomic E-state index is -0.589. The van der Waals surface area contributed by atoms with Crippen LogP contribution in [0, 0.1) is 10.1 Å². The summed E-state index contributed by atoms with van der Waals surface area (Å²) in [6.07, 6.45) is 0. The second-order valence-electron chi connectivity index (χ2n) is 4.94. The van der Waals surface area contributed by atoms with Crippen LogP contribution in [-0.4, -0.2) is 10.8 Å². The highest BCUT2D eigenvalue weighted by Gasteiger charge is 2.14. The number of halogens is 1. The third-order valence-electron chi connectivity index (χ3n) is 3.41. The van der Waals surface area contributed by atoms with Crippen LogP contribution in [0.5, 0.6) is 0 Å². The van der Waals surface area contributed by atoms with Gasteiger partial charge < -0.3 is 5.32 Å². The van der Waals surface area contributed by atoms with Gasteiger partial charge in [-0.2, -0.15) is 0 Å². The Morgan fingerprint density at radius 3 is 2.48 bits per heavy atom. The van der Waals surface area contributed by atoms with Crippen molar-refractivity contribution in [2.45, 2.75) is 0 Å². The molecule has 3 rings (SSSR count). The van der Waals surface area contributed by atoms with Crippen molar-refractivity contribution in [1.29, 1.82) is 0 Å². The number of nitrogens with zero attached hydrogens (tertiary/aromatic N) is 1. The van der Waals surface area contributed by atoms with E-state index in [0.717, 1.165) is 10.8 Å². The Morgan fingerprint density at radius 1 is 1.00 bits per heavy atom. The molecule has 1 amide bonds.